The molecule has 1 unspecified atom stereocenters. The van der Waals surface area contributed by atoms with Gasteiger partial charge in [-0.25, -0.2) is 0 Å². The lowest BCUT2D eigenvalue weighted by Gasteiger charge is -2.35. The molecule has 2 aromatic carbocycles. The average Bonchev–Trinajstić information content (AvgIpc) is 2.83. The van der Waals surface area contributed by atoms with Crippen molar-refractivity contribution in [3.8, 4) is 11.5 Å². The van der Waals surface area contributed by atoms with E-state index in [1.165, 1.54) is 0 Å². The van der Waals surface area contributed by atoms with Crippen LogP contribution in [0.3, 0.4) is 0 Å². The highest BCUT2D eigenvalue weighted by Gasteiger charge is 2.30. The molecule has 0 saturated heterocycles. The number of benzene rings is 2. The Kier molecular flexibility index (Phi) is 10.9. The van der Waals surface area contributed by atoms with Gasteiger partial charge < -0.3 is 19.3 Å². The highest BCUT2D eigenvalue weighted by molar-refractivity contribution is 5.81. The molecule has 1 atom stereocenters. The predicted molar refractivity (Wildman–Crippen MR) is 140 cm³/mol. The fourth-order valence-corrected chi connectivity index (χ4v) is 4.03. The van der Waals surface area contributed by atoms with Crippen molar-refractivity contribution < 1.29 is 14.3 Å². The molecule has 0 N–H and O–H groups in total. The van der Waals surface area contributed by atoms with Gasteiger partial charge in [0.05, 0.1) is 7.11 Å². The van der Waals surface area contributed by atoms with Crippen LogP contribution in [0, 0.1) is 5.41 Å². The quantitative estimate of drug-likeness (QED) is 0.353. The Morgan fingerprint density at radius 1 is 0.971 bits per heavy atom. The van der Waals surface area contributed by atoms with Crippen LogP contribution in [0.2, 0.25) is 0 Å². The Hall–Kier alpha value is -2.53. The molecule has 34 heavy (non-hydrogen) atoms. The molecule has 5 nitrogen and oxygen atoms in total. The smallest absolute Gasteiger partial charge is 0.228 e. The molecule has 0 fully saturated rings. The molecular formula is C29H44N2O3. The molecule has 0 heterocycles. The number of ether oxygens (including phenoxy) is 2. The second kappa shape index (κ2) is 13.4. The maximum Gasteiger partial charge on any atom is 0.228 e. The van der Waals surface area contributed by atoms with Crippen molar-refractivity contribution >= 4 is 5.91 Å². The van der Waals surface area contributed by atoms with E-state index in [1.807, 2.05) is 74.2 Å². The third kappa shape index (κ3) is 8.35. The van der Waals surface area contributed by atoms with E-state index in [0.717, 1.165) is 43.6 Å². The van der Waals surface area contributed by atoms with E-state index in [9.17, 15) is 4.79 Å². The second-order valence-corrected chi connectivity index (χ2v) is 9.96. The molecule has 2 rings (SSSR count). The van der Waals surface area contributed by atoms with Crippen LogP contribution < -0.4 is 9.47 Å². The highest BCUT2D eigenvalue weighted by Crippen LogP contribution is 2.31. The number of carbonyl (C=O) groups excluding carboxylic acids is 1. The van der Waals surface area contributed by atoms with Gasteiger partial charge in [-0.2, -0.15) is 0 Å². The van der Waals surface area contributed by atoms with Gasteiger partial charge in [0.1, 0.15) is 6.61 Å². The molecule has 1 amide bonds. The number of amides is 1. The maximum atomic E-state index is 13.4. The van der Waals surface area contributed by atoms with E-state index in [2.05, 4.69) is 25.7 Å². The molecule has 2 aromatic rings. The first-order valence-electron chi connectivity index (χ1n) is 12.6. The van der Waals surface area contributed by atoms with Gasteiger partial charge in [0.15, 0.2) is 11.5 Å². The summed E-state index contributed by atoms with van der Waals surface area (Å²) in [5.41, 5.74) is 1.71. The first kappa shape index (κ1) is 27.7. The normalized spacial score (nSPS) is 12.5. The lowest BCUT2D eigenvalue weighted by Crippen LogP contribution is -2.44. The topological polar surface area (TPSA) is 42.0 Å². The van der Waals surface area contributed by atoms with Crippen LogP contribution in [-0.2, 0) is 17.9 Å². The van der Waals surface area contributed by atoms with Crippen LogP contribution in [0.25, 0.3) is 0 Å². The number of nitrogens with zero attached hydrogens (tertiary/aromatic N) is 2. The minimum Gasteiger partial charge on any atom is -0.493 e. The van der Waals surface area contributed by atoms with Gasteiger partial charge in [0.2, 0.25) is 5.91 Å². The number of rotatable bonds is 13. The number of carbonyl (C=O) groups is 1. The van der Waals surface area contributed by atoms with E-state index in [1.54, 1.807) is 7.11 Å². The third-order valence-electron chi connectivity index (χ3n) is 6.24. The monoisotopic (exact) mass is 468 g/mol. The first-order valence-corrected chi connectivity index (χ1v) is 12.6. The summed E-state index contributed by atoms with van der Waals surface area (Å²) in [6.07, 6.45) is 2.06. The first-order chi connectivity index (χ1) is 16.2. The minimum atomic E-state index is -0.435. The summed E-state index contributed by atoms with van der Waals surface area (Å²) in [7, 11) is 1.66. The molecular weight excluding hydrogens is 424 g/mol. The van der Waals surface area contributed by atoms with Crippen molar-refractivity contribution in [2.45, 2.75) is 73.6 Å². The Morgan fingerprint density at radius 3 is 2.24 bits per heavy atom. The summed E-state index contributed by atoms with van der Waals surface area (Å²) in [5, 5.41) is 0. The molecule has 0 saturated carbocycles. The summed E-state index contributed by atoms with van der Waals surface area (Å²) in [4.78, 5) is 17.8. The molecule has 0 spiro atoms. The summed E-state index contributed by atoms with van der Waals surface area (Å²) in [6, 6.07) is 16.2. The fraction of sp³-hybridized carbons (Fsp3) is 0.552. The molecule has 188 valence electrons. The van der Waals surface area contributed by atoms with Crippen molar-refractivity contribution in [3.05, 3.63) is 59.7 Å². The Labute approximate surface area is 207 Å². The SMILES string of the molecule is CCN(CC)CCCC(C)N(Cc1ccc(OCc2ccccc2)c(OC)c1)C(=O)C(C)(C)C. The van der Waals surface area contributed by atoms with Gasteiger partial charge in [-0.3, -0.25) is 4.79 Å². The fourth-order valence-electron chi connectivity index (χ4n) is 4.03. The Bertz CT molecular complexity index is 873. The number of hydrogen-bond acceptors (Lipinski definition) is 4. The number of methoxy groups -OCH3 is 1. The van der Waals surface area contributed by atoms with E-state index in [0.29, 0.717) is 24.7 Å². The van der Waals surface area contributed by atoms with Crippen LogP contribution in [0.15, 0.2) is 48.5 Å². The van der Waals surface area contributed by atoms with Gasteiger partial charge >= 0.3 is 0 Å². The Morgan fingerprint density at radius 2 is 1.65 bits per heavy atom. The lowest BCUT2D eigenvalue weighted by molar-refractivity contribution is -0.142. The summed E-state index contributed by atoms with van der Waals surface area (Å²) < 4.78 is 11.6. The molecule has 0 aliphatic rings. The van der Waals surface area contributed by atoms with Gasteiger partial charge in [0.25, 0.3) is 0 Å². The minimum absolute atomic E-state index is 0.155. The van der Waals surface area contributed by atoms with Gasteiger partial charge in [-0.05, 0) is 62.7 Å². The third-order valence-corrected chi connectivity index (χ3v) is 6.24. The van der Waals surface area contributed by atoms with E-state index in [4.69, 9.17) is 9.47 Å². The molecule has 0 aliphatic carbocycles. The summed E-state index contributed by atoms with van der Waals surface area (Å²) >= 11 is 0. The van der Waals surface area contributed by atoms with E-state index in [-0.39, 0.29) is 11.9 Å². The largest absolute Gasteiger partial charge is 0.493 e. The number of hydrogen-bond donors (Lipinski definition) is 0. The van der Waals surface area contributed by atoms with Crippen molar-refractivity contribution in [2.24, 2.45) is 5.41 Å². The van der Waals surface area contributed by atoms with Crippen molar-refractivity contribution in [3.63, 3.8) is 0 Å². The average molecular weight is 469 g/mol. The lowest BCUT2D eigenvalue weighted by atomic mass is 9.93. The van der Waals surface area contributed by atoms with Crippen molar-refractivity contribution in [2.75, 3.05) is 26.7 Å². The van der Waals surface area contributed by atoms with Crippen molar-refractivity contribution in [1.29, 1.82) is 0 Å². The highest BCUT2D eigenvalue weighted by atomic mass is 16.5. The zero-order valence-corrected chi connectivity index (χ0v) is 22.3. The molecule has 0 aromatic heterocycles. The molecule has 0 aliphatic heterocycles. The standard InChI is InChI=1S/C29H44N2O3/c1-8-30(9-2)19-13-14-23(3)31(28(32)29(4,5)6)21-25-17-18-26(27(20-25)33-7)34-22-24-15-11-10-12-16-24/h10-12,15-18,20,23H,8-9,13-14,19,21-22H2,1-7H3. The second-order valence-electron chi connectivity index (χ2n) is 9.96. The van der Waals surface area contributed by atoms with Crippen LogP contribution in [-0.4, -0.2) is 48.5 Å². The molecule has 0 radical (unpaired) electrons. The molecule has 0 bridgehead atoms. The Balaban J connectivity index is 2.13. The molecule has 5 heteroatoms. The predicted octanol–water partition coefficient (Wildman–Crippen LogP) is 6.16. The van der Waals surface area contributed by atoms with E-state index >= 15 is 0 Å². The van der Waals surface area contributed by atoms with Gasteiger partial charge in [-0.15, -0.1) is 0 Å². The summed E-state index contributed by atoms with van der Waals surface area (Å²) in [6.45, 7) is 16.8. The van der Waals surface area contributed by atoms with Crippen LogP contribution >= 0.6 is 0 Å². The zero-order chi connectivity index (χ0) is 25.1. The maximum absolute atomic E-state index is 13.4. The van der Waals surface area contributed by atoms with Gasteiger partial charge in [0, 0.05) is 18.0 Å². The van der Waals surface area contributed by atoms with Crippen LogP contribution in [0.1, 0.15) is 65.5 Å². The zero-order valence-electron chi connectivity index (χ0n) is 22.3. The van der Waals surface area contributed by atoms with E-state index < -0.39 is 5.41 Å². The van der Waals surface area contributed by atoms with Crippen molar-refractivity contribution in [1.82, 2.24) is 9.80 Å². The van der Waals surface area contributed by atoms with Crippen LogP contribution in [0.4, 0.5) is 0 Å². The van der Waals surface area contributed by atoms with Gasteiger partial charge in [-0.1, -0.05) is 71.0 Å². The summed E-state index contributed by atoms with van der Waals surface area (Å²) in [5.74, 6) is 1.56. The van der Waals surface area contributed by atoms with Crippen LogP contribution in [0.5, 0.6) is 11.5 Å².